The normalized spacial score (nSPS) is 16.1. The molecule has 1 atom stereocenters. The highest BCUT2D eigenvalue weighted by atomic mass is 31.0. The van der Waals surface area contributed by atoms with Crippen LogP contribution in [-0.2, 0) is 0 Å². The second kappa shape index (κ2) is 4.11. The van der Waals surface area contributed by atoms with Crippen LogP contribution in [0.4, 0.5) is 0 Å². The molecular formula is C13H15P. The monoisotopic (exact) mass is 202 g/mol. The van der Waals surface area contributed by atoms with Gasteiger partial charge in [0.1, 0.15) is 0 Å². The average Bonchev–Trinajstić information content (AvgIpc) is 2.19. The quantitative estimate of drug-likeness (QED) is 0.605. The molecule has 0 saturated carbocycles. The number of hydrogen-bond donors (Lipinski definition) is 0. The minimum atomic E-state index is 1.17. The van der Waals surface area contributed by atoms with Crippen LogP contribution >= 0.6 is 9.24 Å². The molecule has 1 aliphatic rings. The van der Waals surface area contributed by atoms with Crippen LogP contribution in [0.25, 0.3) is 5.57 Å². The maximum atomic E-state index is 2.77. The van der Waals surface area contributed by atoms with E-state index in [4.69, 9.17) is 0 Å². The summed E-state index contributed by atoms with van der Waals surface area (Å²) in [5.41, 5.74) is 4.15. The third-order valence-electron chi connectivity index (χ3n) is 2.56. The van der Waals surface area contributed by atoms with Gasteiger partial charge in [0.2, 0.25) is 0 Å². The Morgan fingerprint density at radius 2 is 1.86 bits per heavy atom. The van der Waals surface area contributed by atoms with Gasteiger partial charge in [-0.05, 0) is 36.2 Å². The molecule has 1 aliphatic carbocycles. The molecule has 0 bridgehead atoms. The summed E-state index contributed by atoms with van der Waals surface area (Å²) >= 11 is 0. The van der Waals surface area contributed by atoms with Gasteiger partial charge in [-0.15, -0.1) is 9.24 Å². The van der Waals surface area contributed by atoms with Crippen molar-refractivity contribution in [2.45, 2.75) is 19.8 Å². The van der Waals surface area contributed by atoms with E-state index in [0.717, 1.165) is 0 Å². The Balaban J connectivity index is 2.31. The molecule has 0 aromatic heterocycles. The van der Waals surface area contributed by atoms with Crippen LogP contribution in [0, 0.1) is 6.92 Å². The first-order valence-electron chi connectivity index (χ1n) is 4.99. The van der Waals surface area contributed by atoms with Crippen molar-refractivity contribution < 1.29 is 0 Å². The molecule has 0 heterocycles. The van der Waals surface area contributed by atoms with Crippen LogP contribution in [0.1, 0.15) is 24.0 Å². The Bertz CT molecular complexity index is 382. The number of aryl methyl sites for hydroxylation is 1. The van der Waals surface area contributed by atoms with Gasteiger partial charge in [0.15, 0.2) is 0 Å². The second-order valence-corrected chi connectivity index (χ2v) is 4.45. The average molecular weight is 202 g/mol. The highest BCUT2D eigenvalue weighted by Gasteiger charge is 2.04. The standard InChI is InChI=1S/C13H15P/c1-10-5-7-11(8-6-10)12-3-2-4-13(14)9-12/h4-9H,2-3,14H2,1H3. The first kappa shape index (κ1) is 9.68. The predicted molar refractivity (Wildman–Crippen MR) is 66.2 cm³/mol. The predicted octanol–water partition coefficient (Wildman–Crippen LogP) is 3.93. The van der Waals surface area contributed by atoms with Gasteiger partial charge < -0.3 is 0 Å². The van der Waals surface area contributed by atoms with Crippen molar-refractivity contribution in [3.8, 4) is 0 Å². The lowest BCUT2D eigenvalue weighted by atomic mass is 9.97. The summed E-state index contributed by atoms with van der Waals surface area (Å²) in [5.74, 6) is 0. The minimum absolute atomic E-state index is 1.17. The fourth-order valence-electron chi connectivity index (χ4n) is 1.72. The van der Waals surface area contributed by atoms with Crippen molar-refractivity contribution in [1.29, 1.82) is 0 Å². The van der Waals surface area contributed by atoms with Crippen molar-refractivity contribution in [2.24, 2.45) is 0 Å². The van der Waals surface area contributed by atoms with Gasteiger partial charge in [-0.2, -0.15) is 0 Å². The highest BCUT2D eigenvalue weighted by molar-refractivity contribution is 7.23. The van der Waals surface area contributed by atoms with Crippen LogP contribution in [0.2, 0.25) is 0 Å². The lowest BCUT2D eigenvalue weighted by Crippen LogP contribution is -1.89. The molecule has 1 aromatic rings. The maximum absolute atomic E-state index is 2.77. The van der Waals surface area contributed by atoms with Crippen molar-refractivity contribution in [1.82, 2.24) is 0 Å². The smallest absolute Gasteiger partial charge is 0.0224 e. The number of allylic oxidation sites excluding steroid dienone is 4. The van der Waals surface area contributed by atoms with Gasteiger partial charge in [0.05, 0.1) is 0 Å². The van der Waals surface area contributed by atoms with E-state index in [0.29, 0.717) is 0 Å². The van der Waals surface area contributed by atoms with Crippen LogP contribution in [-0.4, -0.2) is 0 Å². The van der Waals surface area contributed by atoms with E-state index in [9.17, 15) is 0 Å². The van der Waals surface area contributed by atoms with Crippen molar-refractivity contribution in [2.75, 3.05) is 0 Å². The molecule has 0 aliphatic heterocycles. The third-order valence-corrected chi connectivity index (χ3v) is 2.96. The van der Waals surface area contributed by atoms with E-state index < -0.39 is 0 Å². The van der Waals surface area contributed by atoms with Crippen molar-refractivity contribution in [3.63, 3.8) is 0 Å². The molecule has 1 aromatic carbocycles. The summed E-state index contributed by atoms with van der Waals surface area (Å²) in [7, 11) is 2.77. The summed E-state index contributed by atoms with van der Waals surface area (Å²) in [5, 5.41) is 1.31. The molecule has 0 radical (unpaired) electrons. The molecule has 14 heavy (non-hydrogen) atoms. The largest absolute Gasteiger partial charge is 0.106 e. The Hall–Kier alpha value is -0.870. The van der Waals surface area contributed by atoms with E-state index in [-0.39, 0.29) is 0 Å². The van der Waals surface area contributed by atoms with Crippen LogP contribution < -0.4 is 0 Å². The van der Waals surface area contributed by atoms with Crippen LogP contribution in [0.15, 0.2) is 41.7 Å². The van der Waals surface area contributed by atoms with Gasteiger partial charge in [0.25, 0.3) is 0 Å². The molecule has 0 spiro atoms. The molecule has 0 saturated heterocycles. The second-order valence-electron chi connectivity index (χ2n) is 3.78. The molecule has 1 unspecified atom stereocenters. The zero-order valence-corrected chi connectivity index (χ0v) is 9.61. The fraction of sp³-hybridized carbons (Fsp3) is 0.231. The maximum Gasteiger partial charge on any atom is -0.0224 e. The summed E-state index contributed by atoms with van der Waals surface area (Å²) in [6.07, 6.45) is 6.86. The molecule has 0 amide bonds. The molecule has 72 valence electrons. The summed E-state index contributed by atoms with van der Waals surface area (Å²) in [6, 6.07) is 8.78. The minimum Gasteiger partial charge on any atom is -0.106 e. The lowest BCUT2D eigenvalue weighted by molar-refractivity contribution is 1.05. The van der Waals surface area contributed by atoms with Crippen molar-refractivity contribution >= 4 is 14.8 Å². The Morgan fingerprint density at radius 1 is 1.14 bits per heavy atom. The van der Waals surface area contributed by atoms with E-state index in [2.05, 4.69) is 52.6 Å². The highest BCUT2D eigenvalue weighted by Crippen LogP contribution is 2.28. The number of benzene rings is 1. The van der Waals surface area contributed by atoms with E-state index in [1.165, 1.54) is 34.9 Å². The van der Waals surface area contributed by atoms with Gasteiger partial charge in [0, 0.05) is 0 Å². The first-order chi connectivity index (χ1) is 6.75. The van der Waals surface area contributed by atoms with Gasteiger partial charge in [-0.3, -0.25) is 0 Å². The van der Waals surface area contributed by atoms with Crippen LogP contribution in [0.3, 0.4) is 0 Å². The molecule has 2 rings (SSSR count). The third kappa shape index (κ3) is 2.13. The molecule has 0 nitrogen and oxygen atoms in total. The summed E-state index contributed by atoms with van der Waals surface area (Å²) in [4.78, 5) is 0. The number of hydrogen-bond acceptors (Lipinski definition) is 0. The van der Waals surface area contributed by atoms with E-state index in [1.54, 1.807) is 0 Å². The summed E-state index contributed by atoms with van der Waals surface area (Å²) in [6.45, 7) is 2.13. The first-order valence-corrected chi connectivity index (χ1v) is 5.57. The van der Waals surface area contributed by atoms with Crippen LogP contribution in [0.5, 0.6) is 0 Å². The lowest BCUT2D eigenvalue weighted by Gasteiger charge is -2.11. The topological polar surface area (TPSA) is 0 Å². The molecular weight excluding hydrogens is 187 g/mol. The van der Waals surface area contributed by atoms with E-state index in [1.807, 2.05) is 0 Å². The molecule has 1 heteroatoms. The van der Waals surface area contributed by atoms with E-state index >= 15 is 0 Å². The zero-order valence-electron chi connectivity index (χ0n) is 8.46. The van der Waals surface area contributed by atoms with Gasteiger partial charge in [-0.1, -0.05) is 42.0 Å². The Kier molecular flexibility index (Phi) is 2.84. The zero-order chi connectivity index (χ0) is 9.97. The summed E-state index contributed by atoms with van der Waals surface area (Å²) < 4.78 is 0. The Labute approximate surface area is 87.9 Å². The van der Waals surface area contributed by atoms with Crippen molar-refractivity contribution in [3.05, 3.63) is 52.9 Å². The Morgan fingerprint density at radius 3 is 2.50 bits per heavy atom. The molecule has 0 N–H and O–H groups in total. The SMILES string of the molecule is Cc1ccc(C2=CC(P)=CCC2)cc1. The van der Waals surface area contributed by atoms with Gasteiger partial charge in [-0.25, -0.2) is 0 Å². The fourth-order valence-corrected chi connectivity index (χ4v) is 2.09. The number of rotatable bonds is 1. The molecule has 0 fully saturated rings. The van der Waals surface area contributed by atoms with Gasteiger partial charge >= 0.3 is 0 Å².